The summed E-state index contributed by atoms with van der Waals surface area (Å²) in [6.45, 7) is 3.76. The van der Waals surface area contributed by atoms with Crippen LogP contribution in [0, 0.1) is 13.8 Å². The molecule has 21 heavy (non-hydrogen) atoms. The number of hydrogen-bond acceptors (Lipinski definition) is 1. The summed E-state index contributed by atoms with van der Waals surface area (Å²) >= 11 is 1.70. The maximum atomic E-state index is 8.48. The molecule has 0 aliphatic heterocycles. The molecule has 102 valence electrons. The Kier molecular flexibility index (Phi) is 2.02. The molecule has 0 unspecified atom stereocenters. The van der Waals surface area contributed by atoms with Crippen LogP contribution >= 0.6 is 11.3 Å². The van der Waals surface area contributed by atoms with E-state index in [4.69, 9.17) is 5.48 Å². The molecule has 0 radical (unpaired) electrons. The predicted octanol–water partition coefficient (Wildman–Crippen LogP) is 6.34. The monoisotopic (exact) mass is 292 g/mol. The van der Waals surface area contributed by atoms with Gasteiger partial charge in [-0.25, -0.2) is 0 Å². The molecule has 0 nitrogen and oxygen atoms in total. The fraction of sp³-hybridized carbons (Fsp3) is 0.100. The Morgan fingerprint density at radius 1 is 0.905 bits per heavy atom. The molecule has 0 bridgehead atoms. The van der Waals surface area contributed by atoms with Crippen molar-refractivity contribution in [3.8, 4) is 11.1 Å². The molecule has 0 amide bonds. The summed E-state index contributed by atoms with van der Waals surface area (Å²) in [6.07, 6.45) is 0. The van der Waals surface area contributed by atoms with Crippen molar-refractivity contribution in [2.24, 2.45) is 0 Å². The summed E-state index contributed by atoms with van der Waals surface area (Å²) in [4.78, 5) is 0. The Bertz CT molecular complexity index is 1130. The molecule has 4 aromatic rings. The SMILES string of the molecule is [2H]c1c([2H])c(C)c([2H])c(-c2cccc3sc4cccc(C)c4c23)c1[2H]. The predicted molar refractivity (Wildman–Crippen MR) is 94.2 cm³/mol. The van der Waals surface area contributed by atoms with Gasteiger partial charge in [-0.05, 0) is 42.7 Å². The second-order valence-corrected chi connectivity index (χ2v) is 6.31. The minimum Gasteiger partial charge on any atom is -0.135 e. The van der Waals surface area contributed by atoms with Gasteiger partial charge in [0, 0.05) is 20.2 Å². The smallest absolute Gasteiger partial charge is 0.0632 e. The molecule has 0 fully saturated rings. The van der Waals surface area contributed by atoms with Crippen molar-refractivity contribution < 1.29 is 5.48 Å². The average molecular weight is 292 g/mol. The molecular formula is C20H16S. The van der Waals surface area contributed by atoms with Gasteiger partial charge < -0.3 is 0 Å². The zero-order valence-corrected chi connectivity index (χ0v) is 12.7. The standard InChI is InChI=1S/C20H16S/c1-13-6-3-8-15(12-13)16-9-5-11-18-20(16)19-14(2)7-4-10-17(19)21-18/h3-12H,1-2H3/i3D,6D,8D,12D. The van der Waals surface area contributed by atoms with E-state index >= 15 is 0 Å². The summed E-state index contributed by atoms with van der Waals surface area (Å²) in [5.74, 6) is 0. The van der Waals surface area contributed by atoms with Gasteiger partial charge in [-0.3, -0.25) is 0 Å². The fourth-order valence-corrected chi connectivity index (χ4v) is 4.03. The van der Waals surface area contributed by atoms with Gasteiger partial charge in [-0.15, -0.1) is 11.3 Å². The summed E-state index contributed by atoms with van der Waals surface area (Å²) in [7, 11) is 0. The lowest BCUT2D eigenvalue weighted by Crippen LogP contribution is -1.82. The first-order valence-electron chi connectivity index (χ1n) is 8.90. The third-order valence-corrected chi connectivity index (χ3v) is 4.87. The number of hydrogen-bond donors (Lipinski definition) is 0. The van der Waals surface area contributed by atoms with Crippen LogP contribution in [0.1, 0.15) is 16.6 Å². The molecule has 4 rings (SSSR count). The van der Waals surface area contributed by atoms with Gasteiger partial charge in [0.25, 0.3) is 0 Å². The topological polar surface area (TPSA) is 0 Å². The Labute approximate surface area is 134 Å². The van der Waals surface area contributed by atoms with Crippen LogP contribution < -0.4 is 0 Å². The van der Waals surface area contributed by atoms with Crippen LogP contribution in [0.25, 0.3) is 31.3 Å². The van der Waals surface area contributed by atoms with Crippen LogP contribution in [-0.2, 0) is 0 Å². The van der Waals surface area contributed by atoms with E-state index < -0.39 is 0 Å². The van der Waals surface area contributed by atoms with Crippen LogP contribution in [0.15, 0.2) is 60.6 Å². The highest BCUT2D eigenvalue weighted by Gasteiger charge is 2.12. The van der Waals surface area contributed by atoms with Gasteiger partial charge in [0.15, 0.2) is 0 Å². The lowest BCUT2D eigenvalue weighted by atomic mass is 9.97. The normalized spacial score (nSPS) is 14.0. The number of aryl methyl sites for hydroxylation is 1. The first kappa shape index (κ1) is 9.01. The van der Waals surface area contributed by atoms with E-state index in [1.165, 1.54) is 4.70 Å². The summed E-state index contributed by atoms with van der Waals surface area (Å²) < 4.78 is 35.2. The van der Waals surface area contributed by atoms with Gasteiger partial charge in [0.05, 0.1) is 5.48 Å². The third-order valence-electron chi connectivity index (χ3n) is 3.75. The van der Waals surface area contributed by atoms with Crippen molar-refractivity contribution >= 4 is 31.5 Å². The Hall–Kier alpha value is -2.12. The molecule has 0 saturated heterocycles. The first-order valence-corrected chi connectivity index (χ1v) is 7.71. The summed E-state index contributed by atoms with van der Waals surface area (Å²) in [5.41, 5.74) is 2.87. The quantitative estimate of drug-likeness (QED) is 0.384. The van der Waals surface area contributed by atoms with Crippen LogP contribution in [0.2, 0.25) is 0 Å². The number of thiophene rings is 1. The average Bonchev–Trinajstić information content (AvgIpc) is 2.99. The second kappa shape index (κ2) is 4.71. The van der Waals surface area contributed by atoms with Gasteiger partial charge >= 0.3 is 0 Å². The molecule has 1 heterocycles. The van der Waals surface area contributed by atoms with Crippen LogP contribution in [-0.4, -0.2) is 0 Å². The van der Waals surface area contributed by atoms with E-state index in [1.54, 1.807) is 18.3 Å². The van der Waals surface area contributed by atoms with Gasteiger partial charge in [-0.2, -0.15) is 0 Å². The van der Waals surface area contributed by atoms with E-state index in [0.29, 0.717) is 11.1 Å². The number of fused-ring (bicyclic) bond motifs is 3. The number of rotatable bonds is 1. The molecule has 0 aliphatic carbocycles. The van der Waals surface area contributed by atoms with Crippen molar-refractivity contribution in [2.75, 3.05) is 0 Å². The third kappa shape index (κ3) is 1.97. The van der Waals surface area contributed by atoms with E-state index in [2.05, 4.69) is 25.1 Å². The molecule has 0 N–H and O–H groups in total. The Morgan fingerprint density at radius 3 is 2.52 bits per heavy atom. The first-order chi connectivity index (χ1) is 11.9. The zero-order chi connectivity index (χ0) is 17.9. The lowest BCUT2D eigenvalue weighted by molar-refractivity contribution is 1.47. The molecular weight excluding hydrogens is 272 g/mol. The van der Waals surface area contributed by atoms with Crippen molar-refractivity contribution in [2.45, 2.75) is 13.8 Å². The highest BCUT2D eigenvalue weighted by Crippen LogP contribution is 2.41. The Balaban J connectivity index is 2.22. The summed E-state index contributed by atoms with van der Waals surface area (Å²) in [5, 5.41) is 2.19. The van der Waals surface area contributed by atoms with E-state index in [1.807, 2.05) is 18.2 Å². The van der Waals surface area contributed by atoms with Crippen LogP contribution in [0.5, 0.6) is 0 Å². The summed E-state index contributed by atoms with van der Waals surface area (Å²) in [6, 6.07) is 12.1. The van der Waals surface area contributed by atoms with Crippen molar-refractivity contribution in [1.82, 2.24) is 0 Å². The minimum atomic E-state index is -0.114. The maximum Gasteiger partial charge on any atom is 0.0632 e. The largest absolute Gasteiger partial charge is 0.135 e. The molecule has 0 aliphatic rings. The maximum absolute atomic E-state index is 8.48. The molecule has 0 spiro atoms. The fourth-order valence-electron chi connectivity index (χ4n) is 2.82. The molecule has 3 aromatic carbocycles. The van der Waals surface area contributed by atoms with Crippen LogP contribution in [0.4, 0.5) is 0 Å². The number of benzene rings is 3. The van der Waals surface area contributed by atoms with Crippen LogP contribution in [0.3, 0.4) is 0 Å². The van der Waals surface area contributed by atoms with Crippen molar-refractivity contribution in [1.29, 1.82) is 0 Å². The second-order valence-electron chi connectivity index (χ2n) is 5.23. The van der Waals surface area contributed by atoms with E-state index in [-0.39, 0.29) is 24.2 Å². The Morgan fingerprint density at radius 2 is 1.67 bits per heavy atom. The molecule has 1 heteroatoms. The van der Waals surface area contributed by atoms with Crippen molar-refractivity contribution in [3.05, 3.63) is 71.7 Å². The lowest BCUT2D eigenvalue weighted by Gasteiger charge is -2.07. The highest BCUT2D eigenvalue weighted by molar-refractivity contribution is 7.26. The van der Waals surface area contributed by atoms with Gasteiger partial charge in [-0.1, -0.05) is 54.0 Å². The van der Waals surface area contributed by atoms with E-state index in [9.17, 15) is 0 Å². The van der Waals surface area contributed by atoms with Gasteiger partial charge in [0.1, 0.15) is 0 Å². The van der Waals surface area contributed by atoms with E-state index in [0.717, 1.165) is 26.6 Å². The highest BCUT2D eigenvalue weighted by atomic mass is 32.1. The minimum absolute atomic E-state index is 0.0303. The molecule has 1 aromatic heterocycles. The molecule has 0 atom stereocenters. The zero-order valence-electron chi connectivity index (χ0n) is 15.9. The van der Waals surface area contributed by atoms with Gasteiger partial charge in [0.2, 0.25) is 0 Å². The molecule has 0 saturated carbocycles. The van der Waals surface area contributed by atoms with Crippen molar-refractivity contribution in [3.63, 3.8) is 0 Å².